The van der Waals surface area contributed by atoms with Crippen LogP contribution in [-0.2, 0) is 14.1 Å². The third-order valence-corrected chi connectivity index (χ3v) is 3.75. The van der Waals surface area contributed by atoms with Crippen molar-refractivity contribution in [3.8, 4) is 0 Å². The third kappa shape index (κ3) is 2.23. The van der Waals surface area contributed by atoms with Gasteiger partial charge in [-0.2, -0.15) is 0 Å². The number of esters is 1. The van der Waals surface area contributed by atoms with E-state index in [4.69, 9.17) is 9.79 Å². The fourth-order valence-corrected chi connectivity index (χ4v) is 2.02. The second kappa shape index (κ2) is 4.73. The minimum Gasteiger partial charge on any atom is -0.465 e. The maximum absolute atomic E-state index is 11.4. The van der Waals surface area contributed by atoms with E-state index in [1.807, 2.05) is 0 Å². The molecule has 0 saturated carbocycles. The van der Waals surface area contributed by atoms with Crippen molar-refractivity contribution in [2.75, 3.05) is 6.61 Å². The Bertz CT molecular complexity index is 269. The van der Waals surface area contributed by atoms with Crippen molar-refractivity contribution >= 4 is 13.6 Å². The second-order valence-electron chi connectivity index (χ2n) is 2.75. The van der Waals surface area contributed by atoms with Gasteiger partial charge in [0, 0.05) is 0 Å². The summed E-state index contributed by atoms with van der Waals surface area (Å²) in [6.07, 6.45) is 0.922. The van der Waals surface area contributed by atoms with E-state index in [0.717, 1.165) is 6.08 Å². The molecule has 0 bridgehead atoms. The molecular weight excluding hydrogens is 207 g/mol. The molecule has 14 heavy (non-hydrogen) atoms. The van der Waals surface area contributed by atoms with Crippen molar-refractivity contribution in [3.05, 3.63) is 12.7 Å². The number of ether oxygens (including phenoxy) is 1. The van der Waals surface area contributed by atoms with E-state index in [1.54, 1.807) is 6.92 Å². The molecule has 1 atom stereocenters. The van der Waals surface area contributed by atoms with Gasteiger partial charge >= 0.3 is 13.6 Å². The van der Waals surface area contributed by atoms with E-state index in [-0.39, 0.29) is 13.0 Å². The van der Waals surface area contributed by atoms with Gasteiger partial charge in [-0.25, -0.2) is 0 Å². The molecule has 0 aliphatic carbocycles. The highest BCUT2D eigenvalue weighted by molar-refractivity contribution is 7.55. The van der Waals surface area contributed by atoms with Gasteiger partial charge in [0.15, 0.2) is 5.16 Å². The number of carbonyl (C=O) groups is 1. The Labute approximate surface area is 82.9 Å². The summed E-state index contributed by atoms with van der Waals surface area (Å²) in [6, 6.07) is 0. The lowest BCUT2D eigenvalue weighted by Crippen LogP contribution is -2.37. The van der Waals surface area contributed by atoms with Crippen molar-refractivity contribution in [1.29, 1.82) is 0 Å². The number of hydrogen-bond acceptors (Lipinski definition) is 3. The van der Waals surface area contributed by atoms with Crippen molar-refractivity contribution in [2.24, 2.45) is 0 Å². The summed E-state index contributed by atoms with van der Waals surface area (Å²) in [5, 5.41) is -1.90. The molecule has 0 aliphatic rings. The van der Waals surface area contributed by atoms with Crippen LogP contribution in [0.25, 0.3) is 0 Å². The molecule has 2 N–H and O–H groups in total. The van der Waals surface area contributed by atoms with Crippen LogP contribution in [0.2, 0.25) is 0 Å². The third-order valence-electron chi connectivity index (χ3n) is 2.03. The van der Waals surface area contributed by atoms with Crippen LogP contribution in [0.5, 0.6) is 0 Å². The van der Waals surface area contributed by atoms with Crippen LogP contribution >= 0.6 is 7.60 Å². The van der Waals surface area contributed by atoms with Crippen LogP contribution in [0.15, 0.2) is 12.7 Å². The van der Waals surface area contributed by atoms with Gasteiger partial charge < -0.3 is 14.5 Å². The Balaban J connectivity index is 5.19. The molecule has 0 aromatic heterocycles. The molecule has 82 valence electrons. The Hall–Kier alpha value is -0.640. The summed E-state index contributed by atoms with van der Waals surface area (Å²) in [6.45, 7) is 6.43. The van der Waals surface area contributed by atoms with Gasteiger partial charge in [-0.15, -0.1) is 6.58 Å². The Morgan fingerprint density at radius 2 is 2.07 bits per heavy atom. The maximum atomic E-state index is 11.4. The summed E-state index contributed by atoms with van der Waals surface area (Å²) in [4.78, 5) is 29.5. The first-order valence-corrected chi connectivity index (χ1v) is 5.83. The summed E-state index contributed by atoms with van der Waals surface area (Å²) < 4.78 is 15.8. The van der Waals surface area contributed by atoms with Crippen LogP contribution in [0.1, 0.15) is 20.3 Å². The smallest absolute Gasteiger partial charge is 0.346 e. The van der Waals surface area contributed by atoms with Crippen molar-refractivity contribution < 1.29 is 23.9 Å². The van der Waals surface area contributed by atoms with Crippen molar-refractivity contribution in [1.82, 2.24) is 0 Å². The molecule has 0 spiro atoms. The van der Waals surface area contributed by atoms with Gasteiger partial charge in [0.25, 0.3) is 0 Å². The van der Waals surface area contributed by atoms with Crippen LogP contribution in [-0.4, -0.2) is 27.5 Å². The van der Waals surface area contributed by atoms with Gasteiger partial charge in [0.05, 0.1) is 6.61 Å². The highest BCUT2D eigenvalue weighted by Gasteiger charge is 2.50. The molecule has 0 heterocycles. The Kier molecular flexibility index (Phi) is 4.52. The minimum absolute atomic E-state index is 0.0421. The van der Waals surface area contributed by atoms with Gasteiger partial charge in [-0.3, -0.25) is 9.36 Å². The number of carbonyl (C=O) groups excluding carboxylic acids is 1. The zero-order valence-corrected chi connectivity index (χ0v) is 9.16. The van der Waals surface area contributed by atoms with Gasteiger partial charge in [0.2, 0.25) is 0 Å². The van der Waals surface area contributed by atoms with E-state index >= 15 is 0 Å². The molecular formula is C8H15O5P. The SMILES string of the molecule is C=CC(CC)(C(=O)OCC)P(=O)(O)O. The normalized spacial score (nSPS) is 15.7. The zero-order chi connectivity index (χ0) is 11.4. The molecule has 0 aromatic rings. The van der Waals surface area contributed by atoms with E-state index in [0.29, 0.717) is 0 Å². The molecule has 0 aromatic carbocycles. The monoisotopic (exact) mass is 222 g/mol. The number of rotatable bonds is 5. The average Bonchev–Trinajstić information content (AvgIpc) is 2.05. The van der Waals surface area contributed by atoms with Crippen LogP contribution in [0, 0.1) is 0 Å². The lowest BCUT2D eigenvalue weighted by Gasteiger charge is -2.27. The predicted molar refractivity (Wildman–Crippen MR) is 51.9 cm³/mol. The van der Waals surface area contributed by atoms with Crippen LogP contribution in [0.4, 0.5) is 0 Å². The molecule has 0 fully saturated rings. The quantitative estimate of drug-likeness (QED) is 0.413. The fraction of sp³-hybridized carbons (Fsp3) is 0.625. The van der Waals surface area contributed by atoms with E-state index in [9.17, 15) is 9.36 Å². The predicted octanol–water partition coefficient (Wildman–Crippen LogP) is 1.06. The van der Waals surface area contributed by atoms with Crippen molar-refractivity contribution in [3.63, 3.8) is 0 Å². The largest absolute Gasteiger partial charge is 0.465 e. The van der Waals surface area contributed by atoms with Gasteiger partial charge in [-0.1, -0.05) is 13.0 Å². The fourth-order valence-electron chi connectivity index (χ4n) is 1.07. The molecule has 1 unspecified atom stereocenters. The van der Waals surface area contributed by atoms with E-state index in [1.165, 1.54) is 6.92 Å². The molecule has 0 saturated heterocycles. The number of hydrogen-bond donors (Lipinski definition) is 2. The minimum atomic E-state index is -4.59. The summed E-state index contributed by atoms with van der Waals surface area (Å²) in [5.41, 5.74) is 0. The Morgan fingerprint density at radius 3 is 2.29 bits per heavy atom. The topological polar surface area (TPSA) is 83.8 Å². The van der Waals surface area contributed by atoms with Crippen molar-refractivity contribution in [2.45, 2.75) is 25.4 Å². The Morgan fingerprint density at radius 1 is 1.57 bits per heavy atom. The molecule has 0 aliphatic heterocycles. The lowest BCUT2D eigenvalue weighted by atomic mass is 10.1. The summed E-state index contributed by atoms with van der Waals surface area (Å²) in [5.74, 6) is -0.925. The highest BCUT2D eigenvalue weighted by Crippen LogP contribution is 2.53. The molecule has 0 radical (unpaired) electrons. The molecule has 0 amide bonds. The van der Waals surface area contributed by atoms with E-state index < -0.39 is 18.7 Å². The average molecular weight is 222 g/mol. The molecule has 6 heteroatoms. The molecule has 5 nitrogen and oxygen atoms in total. The van der Waals surface area contributed by atoms with E-state index in [2.05, 4.69) is 11.3 Å². The second-order valence-corrected chi connectivity index (χ2v) is 4.63. The van der Waals surface area contributed by atoms with Crippen LogP contribution < -0.4 is 0 Å². The first-order valence-electron chi connectivity index (χ1n) is 4.22. The maximum Gasteiger partial charge on any atom is 0.346 e. The molecule has 0 rings (SSSR count). The zero-order valence-electron chi connectivity index (χ0n) is 8.27. The summed E-state index contributed by atoms with van der Waals surface area (Å²) in [7, 11) is -4.59. The van der Waals surface area contributed by atoms with Gasteiger partial charge in [-0.05, 0) is 13.3 Å². The lowest BCUT2D eigenvalue weighted by molar-refractivity contribution is -0.145. The van der Waals surface area contributed by atoms with Gasteiger partial charge in [0.1, 0.15) is 0 Å². The standard InChI is InChI=1S/C8H15O5P/c1-4-8(5-2,14(10,11)12)7(9)13-6-3/h4H,1,5-6H2,2-3H3,(H2,10,11,12). The van der Waals surface area contributed by atoms with Crippen LogP contribution in [0.3, 0.4) is 0 Å². The highest BCUT2D eigenvalue weighted by atomic mass is 31.2. The summed E-state index contributed by atoms with van der Waals surface area (Å²) >= 11 is 0. The first kappa shape index (κ1) is 13.4. The first-order chi connectivity index (χ1) is 6.35.